The maximum atomic E-state index is 14.2. The molecule has 0 radical (unpaired) electrons. The fourth-order valence-corrected chi connectivity index (χ4v) is 7.50. The van der Waals surface area contributed by atoms with Crippen LogP contribution in [0.2, 0.25) is 0 Å². The van der Waals surface area contributed by atoms with Gasteiger partial charge in [-0.3, -0.25) is 4.79 Å². The number of nitrogens with zero attached hydrogens (tertiary/aromatic N) is 4. The number of benzene rings is 3. The summed E-state index contributed by atoms with van der Waals surface area (Å²) in [5.74, 6) is -1.52. The SMILES string of the molecule is C[C@@H]1[C@H](c2ccccc2)OC(=O)N1C(=O)[C@H]1CCC[C@H](N[C@@H]2COc3cc(-c4noc(-c5onc(-c6ccccc6)c5C(F)(F)F)n4)ccc3[C@H]2O)C1. The van der Waals surface area contributed by atoms with Crippen LogP contribution in [-0.4, -0.2) is 62.0 Å². The first kappa shape index (κ1) is 34.5. The molecule has 0 unspecified atom stereocenters. The zero-order chi connectivity index (χ0) is 36.9. The molecule has 8 rings (SSSR count). The molecule has 5 aromatic rings. The number of nitrogens with one attached hydrogen (secondary N) is 1. The number of amides is 2. The number of rotatable bonds is 7. The molecule has 274 valence electrons. The van der Waals surface area contributed by atoms with Crippen LogP contribution in [0.25, 0.3) is 34.3 Å². The molecule has 12 nitrogen and oxygen atoms in total. The Kier molecular flexibility index (Phi) is 8.98. The van der Waals surface area contributed by atoms with Gasteiger partial charge in [-0.1, -0.05) is 89.5 Å². The van der Waals surface area contributed by atoms with E-state index in [4.69, 9.17) is 18.5 Å². The minimum absolute atomic E-state index is 0.0175. The maximum absolute atomic E-state index is 14.2. The van der Waals surface area contributed by atoms with Crippen molar-refractivity contribution in [3.05, 3.63) is 95.6 Å². The number of aliphatic hydroxyl groups is 1. The van der Waals surface area contributed by atoms with Crippen molar-refractivity contribution in [1.29, 1.82) is 0 Å². The molecule has 0 bridgehead atoms. The Morgan fingerprint density at radius 1 is 0.962 bits per heavy atom. The number of carbonyl (C=O) groups is 2. The molecule has 3 aromatic carbocycles. The number of fused-ring (bicyclic) bond motifs is 1. The summed E-state index contributed by atoms with van der Waals surface area (Å²) in [6.07, 6.45) is -4.31. The zero-order valence-corrected chi connectivity index (χ0v) is 28.3. The van der Waals surface area contributed by atoms with E-state index in [1.165, 1.54) is 17.0 Å². The van der Waals surface area contributed by atoms with E-state index in [9.17, 15) is 27.9 Å². The van der Waals surface area contributed by atoms with Crippen LogP contribution in [-0.2, 0) is 15.7 Å². The molecule has 2 aliphatic heterocycles. The van der Waals surface area contributed by atoms with Crippen LogP contribution in [0.1, 0.15) is 61.5 Å². The summed E-state index contributed by atoms with van der Waals surface area (Å²) in [4.78, 5) is 31.9. The fraction of sp³-hybridized carbons (Fsp3) is 0.342. The molecule has 53 heavy (non-hydrogen) atoms. The lowest BCUT2D eigenvalue weighted by Crippen LogP contribution is -2.50. The van der Waals surface area contributed by atoms with E-state index in [0.717, 1.165) is 18.4 Å². The summed E-state index contributed by atoms with van der Waals surface area (Å²) in [7, 11) is 0. The van der Waals surface area contributed by atoms with Gasteiger partial charge in [-0.2, -0.15) is 18.2 Å². The van der Waals surface area contributed by atoms with Crippen LogP contribution in [0.3, 0.4) is 0 Å². The van der Waals surface area contributed by atoms with Gasteiger partial charge in [0.2, 0.25) is 17.5 Å². The number of hydrogen-bond donors (Lipinski definition) is 2. The molecule has 2 fully saturated rings. The van der Waals surface area contributed by atoms with Gasteiger partial charge >= 0.3 is 12.3 Å². The van der Waals surface area contributed by atoms with Crippen molar-refractivity contribution in [2.75, 3.05) is 6.61 Å². The molecule has 3 aliphatic rings. The molecule has 2 aromatic heterocycles. The summed E-state index contributed by atoms with van der Waals surface area (Å²) >= 11 is 0. The lowest BCUT2D eigenvalue weighted by Gasteiger charge is -2.37. The first-order valence-corrected chi connectivity index (χ1v) is 17.3. The molecular weight excluding hydrogens is 695 g/mol. The Labute approximate surface area is 300 Å². The predicted molar refractivity (Wildman–Crippen MR) is 181 cm³/mol. The Hall–Kier alpha value is -5.54. The van der Waals surface area contributed by atoms with Gasteiger partial charge in [-0.05, 0) is 37.8 Å². The van der Waals surface area contributed by atoms with E-state index in [2.05, 4.69) is 20.6 Å². The molecule has 2 amide bonds. The van der Waals surface area contributed by atoms with Gasteiger partial charge in [0.15, 0.2) is 0 Å². The topological polar surface area (TPSA) is 153 Å². The second kappa shape index (κ2) is 13.8. The van der Waals surface area contributed by atoms with Gasteiger partial charge in [0.1, 0.15) is 35.8 Å². The van der Waals surface area contributed by atoms with E-state index in [-0.39, 0.29) is 29.9 Å². The molecule has 1 saturated heterocycles. The van der Waals surface area contributed by atoms with Crippen LogP contribution in [0.5, 0.6) is 5.75 Å². The number of alkyl halides is 3. The molecule has 1 saturated carbocycles. The van der Waals surface area contributed by atoms with Crippen LogP contribution >= 0.6 is 0 Å². The number of aliphatic hydroxyl groups excluding tert-OH is 1. The first-order valence-electron chi connectivity index (χ1n) is 17.3. The van der Waals surface area contributed by atoms with Gasteiger partial charge in [0.05, 0.1) is 12.1 Å². The van der Waals surface area contributed by atoms with Gasteiger partial charge in [0, 0.05) is 28.7 Å². The standard InChI is InChI=1S/C38H34F3N5O7/c1-20-32(22-11-6-3-7-12-22)51-37(49)46(20)36(48)24-13-8-14-25(17-24)42-27-19-50-28-18-23(15-16-26(28)31(27)47)34-43-35(53-45-34)33-29(38(39,40)41)30(44-52-33)21-9-4-2-5-10-21/h2-7,9-12,15-16,18,20,24-25,27,31-32,42,47H,8,13-14,17,19H2,1H3/t20-,24+,25+,27-,31-,32-/m1/s1. The van der Waals surface area contributed by atoms with E-state index in [1.54, 1.807) is 36.4 Å². The third-order valence-corrected chi connectivity index (χ3v) is 10.1. The minimum atomic E-state index is -4.82. The highest BCUT2D eigenvalue weighted by atomic mass is 19.4. The average Bonchev–Trinajstić information content (AvgIpc) is 3.91. The number of carbonyl (C=O) groups excluding carboxylic acids is 2. The van der Waals surface area contributed by atoms with Crippen molar-refractivity contribution in [3.63, 3.8) is 0 Å². The predicted octanol–water partition coefficient (Wildman–Crippen LogP) is 7.13. The Bertz CT molecular complexity index is 2120. The molecule has 0 spiro atoms. The van der Waals surface area contributed by atoms with Crippen LogP contribution in [0, 0.1) is 5.92 Å². The van der Waals surface area contributed by atoms with Crippen LogP contribution in [0.15, 0.2) is 87.9 Å². The lowest BCUT2D eigenvalue weighted by atomic mass is 9.83. The third kappa shape index (κ3) is 6.54. The second-order valence-electron chi connectivity index (χ2n) is 13.5. The van der Waals surface area contributed by atoms with Crippen LogP contribution in [0.4, 0.5) is 18.0 Å². The van der Waals surface area contributed by atoms with E-state index >= 15 is 0 Å². The molecular formula is C38H34F3N5O7. The number of aromatic nitrogens is 3. The monoisotopic (exact) mass is 729 g/mol. The summed E-state index contributed by atoms with van der Waals surface area (Å²) in [5, 5.41) is 22.4. The molecule has 6 atom stereocenters. The van der Waals surface area contributed by atoms with Crippen molar-refractivity contribution in [2.45, 2.75) is 69.1 Å². The molecule has 1 aliphatic carbocycles. The molecule has 15 heteroatoms. The molecule has 2 N–H and O–H groups in total. The first-order chi connectivity index (χ1) is 25.6. The zero-order valence-electron chi connectivity index (χ0n) is 28.3. The van der Waals surface area contributed by atoms with Crippen molar-refractivity contribution >= 4 is 12.0 Å². The van der Waals surface area contributed by atoms with Crippen molar-refractivity contribution < 1.29 is 46.4 Å². The normalized spacial score (nSPS) is 24.4. The van der Waals surface area contributed by atoms with E-state index in [0.29, 0.717) is 29.7 Å². The number of cyclic esters (lactones) is 1. The Morgan fingerprint density at radius 2 is 1.72 bits per heavy atom. The second-order valence-corrected chi connectivity index (χ2v) is 13.5. The van der Waals surface area contributed by atoms with Gasteiger partial charge in [-0.15, -0.1) is 0 Å². The summed E-state index contributed by atoms with van der Waals surface area (Å²) in [6.45, 7) is 1.92. The lowest BCUT2D eigenvalue weighted by molar-refractivity contribution is -0.137. The highest BCUT2D eigenvalue weighted by Gasteiger charge is 2.46. The van der Waals surface area contributed by atoms with Crippen LogP contribution < -0.4 is 10.1 Å². The van der Waals surface area contributed by atoms with Crippen molar-refractivity contribution in [2.24, 2.45) is 5.92 Å². The summed E-state index contributed by atoms with van der Waals surface area (Å²) in [5.41, 5.74) is 0.387. The van der Waals surface area contributed by atoms with Gasteiger partial charge < -0.3 is 28.9 Å². The number of halogens is 3. The van der Waals surface area contributed by atoms with Gasteiger partial charge in [0.25, 0.3) is 5.89 Å². The quantitative estimate of drug-likeness (QED) is 0.176. The average molecular weight is 730 g/mol. The number of imide groups is 1. The maximum Gasteiger partial charge on any atom is 0.422 e. The fourth-order valence-electron chi connectivity index (χ4n) is 7.50. The van der Waals surface area contributed by atoms with Crippen molar-refractivity contribution in [3.8, 4) is 40.0 Å². The van der Waals surface area contributed by atoms with Crippen molar-refractivity contribution in [1.82, 2.24) is 25.5 Å². The summed E-state index contributed by atoms with van der Waals surface area (Å²) < 4.78 is 64.5. The Morgan fingerprint density at radius 3 is 2.47 bits per heavy atom. The number of ether oxygens (including phenoxy) is 2. The van der Waals surface area contributed by atoms with E-state index < -0.39 is 65.4 Å². The van der Waals surface area contributed by atoms with Gasteiger partial charge in [-0.25, -0.2) is 9.69 Å². The summed E-state index contributed by atoms with van der Waals surface area (Å²) in [6, 6.07) is 21.0. The third-order valence-electron chi connectivity index (χ3n) is 10.1. The largest absolute Gasteiger partial charge is 0.491 e. The van der Waals surface area contributed by atoms with E-state index in [1.807, 2.05) is 37.3 Å². The highest BCUT2D eigenvalue weighted by Crippen LogP contribution is 2.44. The Balaban J connectivity index is 0.937. The highest BCUT2D eigenvalue weighted by molar-refractivity contribution is 5.95. The molecule has 4 heterocycles. The minimum Gasteiger partial charge on any atom is -0.491 e. The number of hydrogen-bond acceptors (Lipinski definition) is 11. The smallest absolute Gasteiger partial charge is 0.422 e.